The zero-order chi connectivity index (χ0) is 19.1. The van der Waals surface area contributed by atoms with Gasteiger partial charge in [-0.15, -0.1) is 0 Å². The third-order valence-corrected chi connectivity index (χ3v) is 4.77. The van der Waals surface area contributed by atoms with Crippen LogP contribution in [-0.2, 0) is 6.54 Å². The summed E-state index contributed by atoms with van der Waals surface area (Å²) in [5.74, 6) is 0.814. The van der Waals surface area contributed by atoms with Gasteiger partial charge < -0.3 is 15.4 Å². The van der Waals surface area contributed by atoms with Crippen LogP contribution in [-0.4, -0.2) is 43.3 Å². The predicted molar refractivity (Wildman–Crippen MR) is 98.5 cm³/mol. The SMILES string of the molecule is CN=C(NCc1ccc(C)cc1OCC(F)(F)F)NCC(C)(C)SC. The Morgan fingerprint density at radius 3 is 2.48 bits per heavy atom. The molecule has 4 nitrogen and oxygen atoms in total. The molecule has 0 saturated heterocycles. The number of hydrogen-bond donors (Lipinski definition) is 2. The van der Waals surface area contributed by atoms with Crippen molar-refractivity contribution >= 4 is 17.7 Å². The van der Waals surface area contributed by atoms with E-state index < -0.39 is 12.8 Å². The number of nitrogens with zero attached hydrogens (tertiary/aromatic N) is 1. The van der Waals surface area contributed by atoms with Crippen LogP contribution in [0.1, 0.15) is 25.0 Å². The highest BCUT2D eigenvalue weighted by molar-refractivity contribution is 7.99. The first-order valence-corrected chi connectivity index (χ1v) is 9.07. The summed E-state index contributed by atoms with van der Waals surface area (Å²) in [4.78, 5) is 4.14. The number of halogens is 3. The van der Waals surface area contributed by atoms with Crippen molar-refractivity contribution in [3.8, 4) is 5.75 Å². The predicted octanol–water partition coefficient (Wildman–Crippen LogP) is 3.74. The van der Waals surface area contributed by atoms with E-state index in [0.717, 1.165) is 5.56 Å². The fraction of sp³-hybridized carbons (Fsp3) is 0.588. The molecule has 142 valence electrons. The van der Waals surface area contributed by atoms with Crippen LogP contribution in [0.2, 0.25) is 0 Å². The summed E-state index contributed by atoms with van der Waals surface area (Å²) in [6, 6.07) is 5.20. The van der Waals surface area contributed by atoms with E-state index in [-0.39, 0.29) is 10.5 Å². The summed E-state index contributed by atoms with van der Waals surface area (Å²) in [5, 5.41) is 6.32. The Morgan fingerprint density at radius 2 is 1.92 bits per heavy atom. The lowest BCUT2D eigenvalue weighted by molar-refractivity contribution is -0.153. The molecule has 8 heteroatoms. The third-order valence-electron chi connectivity index (χ3n) is 3.52. The summed E-state index contributed by atoms with van der Waals surface area (Å²) < 4.78 is 42.2. The summed E-state index contributed by atoms with van der Waals surface area (Å²) in [6.45, 7) is 5.75. The van der Waals surface area contributed by atoms with Crippen molar-refractivity contribution in [2.45, 2.75) is 38.2 Å². The van der Waals surface area contributed by atoms with Crippen molar-refractivity contribution in [3.05, 3.63) is 29.3 Å². The largest absolute Gasteiger partial charge is 0.484 e. The quantitative estimate of drug-likeness (QED) is 0.561. The number of benzene rings is 1. The molecule has 0 unspecified atom stereocenters. The Labute approximate surface area is 151 Å². The molecule has 0 aliphatic carbocycles. The normalized spacial score (nSPS) is 12.9. The van der Waals surface area contributed by atoms with Gasteiger partial charge in [-0.25, -0.2) is 0 Å². The van der Waals surface area contributed by atoms with Gasteiger partial charge in [0.15, 0.2) is 12.6 Å². The van der Waals surface area contributed by atoms with Crippen LogP contribution >= 0.6 is 11.8 Å². The average Bonchev–Trinajstić information content (AvgIpc) is 2.53. The zero-order valence-corrected chi connectivity index (χ0v) is 16.1. The Balaban J connectivity index is 2.71. The van der Waals surface area contributed by atoms with Crippen LogP contribution in [0, 0.1) is 6.92 Å². The summed E-state index contributed by atoms with van der Waals surface area (Å²) in [5.41, 5.74) is 1.48. The highest BCUT2D eigenvalue weighted by Crippen LogP contribution is 2.24. The first kappa shape index (κ1) is 21.5. The zero-order valence-electron chi connectivity index (χ0n) is 15.3. The van der Waals surface area contributed by atoms with Crippen molar-refractivity contribution in [2.75, 3.05) is 26.5 Å². The van der Waals surface area contributed by atoms with E-state index in [9.17, 15) is 13.2 Å². The summed E-state index contributed by atoms with van der Waals surface area (Å²) >= 11 is 1.74. The summed E-state index contributed by atoms with van der Waals surface area (Å²) in [6.07, 6.45) is -2.33. The molecule has 1 aromatic rings. The molecule has 0 spiro atoms. The van der Waals surface area contributed by atoms with Gasteiger partial charge >= 0.3 is 6.18 Å². The summed E-state index contributed by atoms with van der Waals surface area (Å²) in [7, 11) is 1.65. The Kier molecular flexibility index (Phi) is 7.92. The molecule has 0 atom stereocenters. The van der Waals surface area contributed by atoms with E-state index in [1.165, 1.54) is 0 Å². The Hall–Kier alpha value is -1.57. The van der Waals surface area contributed by atoms with E-state index in [1.54, 1.807) is 30.9 Å². The molecule has 0 radical (unpaired) electrons. The molecule has 0 fully saturated rings. The smallest absolute Gasteiger partial charge is 0.422 e. The van der Waals surface area contributed by atoms with Gasteiger partial charge in [0, 0.05) is 30.4 Å². The minimum absolute atomic E-state index is 0.0441. The maximum absolute atomic E-state index is 12.4. The Morgan fingerprint density at radius 1 is 1.24 bits per heavy atom. The molecule has 2 N–H and O–H groups in total. The first-order chi connectivity index (χ1) is 11.6. The van der Waals surface area contributed by atoms with Crippen LogP contribution in [0.4, 0.5) is 13.2 Å². The fourth-order valence-electron chi connectivity index (χ4n) is 1.87. The van der Waals surface area contributed by atoms with Crippen molar-refractivity contribution in [3.63, 3.8) is 0 Å². The van der Waals surface area contributed by atoms with Crippen LogP contribution in [0.5, 0.6) is 5.75 Å². The number of alkyl halides is 3. The number of ether oxygens (including phenoxy) is 1. The minimum atomic E-state index is -4.37. The van der Waals surface area contributed by atoms with Gasteiger partial charge in [0.05, 0.1) is 0 Å². The average molecular weight is 377 g/mol. The van der Waals surface area contributed by atoms with Crippen LogP contribution in [0.25, 0.3) is 0 Å². The molecule has 1 aromatic carbocycles. The molecule has 0 heterocycles. The highest BCUT2D eigenvalue weighted by atomic mass is 32.2. The van der Waals surface area contributed by atoms with Gasteiger partial charge in [-0.1, -0.05) is 12.1 Å². The lowest BCUT2D eigenvalue weighted by Gasteiger charge is -2.24. The van der Waals surface area contributed by atoms with Crippen molar-refractivity contribution in [2.24, 2.45) is 4.99 Å². The number of aliphatic imine (C=N–C) groups is 1. The molecular formula is C17H26F3N3OS. The maximum Gasteiger partial charge on any atom is 0.422 e. The number of aryl methyl sites for hydroxylation is 1. The number of guanidine groups is 1. The molecule has 0 amide bonds. The second kappa shape index (κ2) is 9.22. The second-order valence-electron chi connectivity index (χ2n) is 6.26. The topological polar surface area (TPSA) is 45.7 Å². The van der Waals surface area contributed by atoms with Crippen molar-refractivity contribution < 1.29 is 17.9 Å². The Bertz CT molecular complexity index is 589. The van der Waals surface area contributed by atoms with E-state index in [1.807, 2.05) is 19.2 Å². The van der Waals surface area contributed by atoms with Crippen LogP contribution in [0.15, 0.2) is 23.2 Å². The molecular weight excluding hydrogens is 351 g/mol. The monoisotopic (exact) mass is 377 g/mol. The molecule has 0 saturated carbocycles. The number of rotatable bonds is 7. The lowest BCUT2D eigenvalue weighted by atomic mass is 10.1. The molecule has 0 aliphatic heterocycles. The van der Waals surface area contributed by atoms with Gasteiger partial charge in [-0.3, -0.25) is 4.99 Å². The molecule has 0 aliphatic rings. The van der Waals surface area contributed by atoms with Gasteiger partial charge in [-0.2, -0.15) is 24.9 Å². The van der Waals surface area contributed by atoms with E-state index in [0.29, 0.717) is 24.6 Å². The fourth-order valence-corrected chi connectivity index (χ4v) is 2.09. The van der Waals surface area contributed by atoms with Crippen molar-refractivity contribution in [1.29, 1.82) is 0 Å². The van der Waals surface area contributed by atoms with E-state index in [4.69, 9.17) is 4.74 Å². The lowest BCUT2D eigenvalue weighted by Crippen LogP contribution is -2.43. The number of thioether (sulfide) groups is 1. The van der Waals surface area contributed by atoms with Gasteiger partial charge in [0.25, 0.3) is 0 Å². The minimum Gasteiger partial charge on any atom is -0.484 e. The van der Waals surface area contributed by atoms with Gasteiger partial charge in [-0.05, 0) is 38.7 Å². The molecule has 0 bridgehead atoms. The highest BCUT2D eigenvalue weighted by Gasteiger charge is 2.28. The molecule has 25 heavy (non-hydrogen) atoms. The van der Waals surface area contributed by atoms with Gasteiger partial charge in [0.2, 0.25) is 0 Å². The second-order valence-corrected chi connectivity index (χ2v) is 7.77. The number of nitrogens with one attached hydrogen (secondary N) is 2. The first-order valence-electron chi connectivity index (χ1n) is 7.85. The third kappa shape index (κ3) is 8.38. The van der Waals surface area contributed by atoms with Crippen LogP contribution < -0.4 is 15.4 Å². The van der Waals surface area contributed by atoms with E-state index in [2.05, 4.69) is 29.5 Å². The standard InChI is InChI=1S/C17H26F3N3OS/c1-12-6-7-13(14(8-12)24-11-17(18,19)20)9-22-15(21-4)23-10-16(2,3)25-5/h6-8H,9-11H2,1-5H3,(H2,21,22,23). The molecule has 1 rings (SSSR count). The van der Waals surface area contributed by atoms with Crippen LogP contribution in [0.3, 0.4) is 0 Å². The maximum atomic E-state index is 12.4. The van der Waals surface area contributed by atoms with Gasteiger partial charge in [0.1, 0.15) is 5.75 Å². The molecule has 0 aromatic heterocycles. The van der Waals surface area contributed by atoms with E-state index >= 15 is 0 Å². The van der Waals surface area contributed by atoms with Crippen molar-refractivity contribution in [1.82, 2.24) is 10.6 Å². The number of hydrogen-bond acceptors (Lipinski definition) is 3.